The Bertz CT molecular complexity index is 3120. The first-order chi connectivity index (χ1) is 36.2. The number of amides is 4. The third-order valence-corrected chi connectivity index (χ3v) is 17.3. The van der Waals surface area contributed by atoms with E-state index in [2.05, 4.69) is 54.7 Å². The van der Waals surface area contributed by atoms with Crippen LogP contribution in [0.15, 0.2) is 61.3 Å². The average Bonchev–Trinajstić information content (AvgIpc) is 3.72. The standard InChI is InChI=1S/C58H66F2N10O5/c1-5-43-46(59)10-9-39-27-42(71)29-44(49(39)43)51-50(60)52-45(30-61-51)53(69-33-41-13-17-58(6-2,35-69)65-41)64-55(63-52)75-34-36(3)31-66-23-25-67(26-24-66)32-38-11-15-57(16-12-38)18-21-68(22-19-57)54(73)40-8-7-37(4)47(28-40)70-20-14-48(72)62-56(70)74/h1,6-10,27-30,36,38,41,65,71H,2,11-26,31-35H2,3-4H3,(H,62,72,74)/t36-,41?,58?/m1/s1. The quantitative estimate of drug-likeness (QED) is 0.0824. The predicted octanol–water partition coefficient (Wildman–Crippen LogP) is 7.81. The summed E-state index contributed by atoms with van der Waals surface area (Å²) in [5, 5.41) is 17.9. The van der Waals surface area contributed by atoms with Crippen molar-refractivity contribution in [2.24, 2.45) is 17.3 Å². The largest absolute Gasteiger partial charge is 0.508 e. The molecule has 392 valence electrons. The number of fused-ring (bicyclic) bond motifs is 4. The number of carbonyl (C=O) groups excluding carboxylic acids is 3. The molecular formula is C58H66F2N10O5. The zero-order chi connectivity index (χ0) is 52.2. The molecule has 1 spiro atoms. The Labute approximate surface area is 436 Å². The lowest BCUT2D eigenvalue weighted by Crippen LogP contribution is -2.58. The smallest absolute Gasteiger partial charge is 0.328 e. The number of pyridine rings is 1. The number of piperazine rings is 2. The summed E-state index contributed by atoms with van der Waals surface area (Å²) in [4.78, 5) is 63.1. The van der Waals surface area contributed by atoms with E-state index in [1.807, 2.05) is 30.0 Å². The summed E-state index contributed by atoms with van der Waals surface area (Å²) in [6, 6.07) is 10.9. The molecule has 15 nitrogen and oxygen atoms in total. The second-order valence-electron chi connectivity index (χ2n) is 22.3. The van der Waals surface area contributed by atoms with E-state index in [-0.39, 0.29) is 80.6 Å². The highest BCUT2D eigenvalue weighted by Crippen LogP contribution is 2.47. The van der Waals surface area contributed by atoms with E-state index in [4.69, 9.17) is 16.1 Å². The number of hydrogen-bond donors (Lipinski definition) is 3. The fourth-order valence-corrected chi connectivity index (χ4v) is 13.0. The van der Waals surface area contributed by atoms with Gasteiger partial charge < -0.3 is 34.8 Å². The maximum Gasteiger partial charge on any atom is 0.328 e. The molecule has 6 aliphatic rings. The summed E-state index contributed by atoms with van der Waals surface area (Å²) in [5.74, 6) is 1.88. The molecule has 6 fully saturated rings. The number of aromatic nitrogens is 3. The predicted molar refractivity (Wildman–Crippen MR) is 285 cm³/mol. The Morgan fingerprint density at radius 2 is 1.76 bits per heavy atom. The van der Waals surface area contributed by atoms with Crippen molar-refractivity contribution in [2.45, 2.75) is 83.2 Å². The first-order valence-electron chi connectivity index (χ1n) is 26.7. The summed E-state index contributed by atoms with van der Waals surface area (Å²) >= 11 is 0. The number of ether oxygens (including phenoxy) is 1. The number of imide groups is 1. The number of aromatic hydroxyl groups is 1. The monoisotopic (exact) mass is 1020 g/mol. The van der Waals surface area contributed by atoms with Crippen LogP contribution in [0.4, 0.5) is 25.1 Å². The van der Waals surface area contributed by atoms with Crippen molar-refractivity contribution < 1.29 is 33.0 Å². The fourth-order valence-electron chi connectivity index (χ4n) is 13.0. The van der Waals surface area contributed by atoms with Crippen LogP contribution in [-0.2, 0) is 4.79 Å². The van der Waals surface area contributed by atoms with E-state index in [9.17, 15) is 19.5 Å². The summed E-state index contributed by atoms with van der Waals surface area (Å²) in [6.07, 6.45) is 18.2. The van der Waals surface area contributed by atoms with E-state index in [1.165, 1.54) is 49.9 Å². The molecule has 5 aromatic rings. The zero-order valence-corrected chi connectivity index (χ0v) is 43.0. The number of anilines is 2. The number of terminal acetylenes is 1. The number of phenolic OH excluding ortho intramolecular Hbond substituents is 1. The third-order valence-electron chi connectivity index (χ3n) is 17.3. The molecule has 3 atom stereocenters. The summed E-state index contributed by atoms with van der Waals surface area (Å²) < 4.78 is 38.7. The number of halogens is 2. The van der Waals surface area contributed by atoms with Crippen molar-refractivity contribution >= 4 is 51.0 Å². The molecule has 3 aromatic carbocycles. The average molecular weight is 1020 g/mol. The highest BCUT2D eigenvalue weighted by molar-refractivity contribution is 6.07. The van der Waals surface area contributed by atoms with Crippen LogP contribution < -0.4 is 25.2 Å². The van der Waals surface area contributed by atoms with E-state index < -0.39 is 17.7 Å². The number of piperidine rings is 1. The molecule has 1 aliphatic carbocycles. The van der Waals surface area contributed by atoms with E-state index in [0.29, 0.717) is 60.0 Å². The second-order valence-corrected chi connectivity index (χ2v) is 22.3. The number of benzene rings is 3. The zero-order valence-electron chi connectivity index (χ0n) is 43.0. The van der Waals surface area contributed by atoms with Gasteiger partial charge in [-0.2, -0.15) is 9.97 Å². The second kappa shape index (κ2) is 20.4. The van der Waals surface area contributed by atoms with Crippen LogP contribution in [0.1, 0.15) is 86.2 Å². The minimum absolute atomic E-state index is 0.00441. The van der Waals surface area contributed by atoms with Gasteiger partial charge in [0.15, 0.2) is 5.82 Å². The number of urea groups is 1. The molecular weight excluding hydrogens is 955 g/mol. The van der Waals surface area contributed by atoms with Gasteiger partial charge in [-0.25, -0.2) is 13.6 Å². The highest BCUT2D eigenvalue weighted by atomic mass is 19.1. The van der Waals surface area contributed by atoms with Gasteiger partial charge in [0.2, 0.25) is 5.91 Å². The van der Waals surface area contributed by atoms with Crippen molar-refractivity contribution in [1.82, 2.24) is 40.3 Å². The van der Waals surface area contributed by atoms with Crippen molar-refractivity contribution in [3.63, 3.8) is 0 Å². The van der Waals surface area contributed by atoms with Gasteiger partial charge in [-0.3, -0.25) is 24.8 Å². The lowest BCUT2D eigenvalue weighted by molar-refractivity contribution is -0.120. The number of aryl methyl sites for hydroxylation is 1. The molecule has 11 rings (SSSR count). The van der Waals surface area contributed by atoms with Gasteiger partial charge in [0.05, 0.1) is 23.1 Å². The van der Waals surface area contributed by atoms with Gasteiger partial charge in [0.1, 0.15) is 28.6 Å². The molecule has 17 heteroatoms. The van der Waals surface area contributed by atoms with E-state index in [0.717, 1.165) is 83.6 Å². The summed E-state index contributed by atoms with van der Waals surface area (Å²) in [6.45, 7) is 17.3. The van der Waals surface area contributed by atoms with Gasteiger partial charge in [0.25, 0.3) is 5.91 Å². The number of phenols is 1. The Morgan fingerprint density at radius 3 is 2.51 bits per heavy atom. The van der Waals surface area contributed by atoms with Crippen molar-refractivity contribution in [1.29, 1.82) is 0 Å². The molecule has 75 heavy (non-hydrogen) atoms. The van der Waals surface area contributed by atoms with Crippen LogP contribution in [0.3, 0.4) is 0 Å². The Balaban J connectivity index is 0.694. The highest BCUT2D eigenvalue weighted by Gasteiger charge is 2.44. The number of carbonyl (C=O) groups is 3. The SMILES string of the molecule is C#Cc1c(F)ccc2cc(O)cc(-c3ncc4c(N5CC6CCC(C=C)(C5)N6)nc(OC[C@H](C)CN5CCN(CC6CCC7(CC6)CCN(C(=O)c6ccc(C)c(N8CCC(=O)NC8=O)c6)CC7)CC5)nc4c3F)c12. The van der Waals surface area contributed by atoms with Crippen molar-refractivity contribution in [3.05, 3.63) is 89.6 Å². The molecule has 0 radical (unpaired) electrons. The molecule has 1 saturated carbocycles. The molecule has 2 aromatic heterocycles. The molecule has 2 bridgehead atoms. The Hall–Kier alpha value is -6.74. The maximum absolute atomic E-state index is 17.2. The molecule has 5 aliphatic heterocycles. The Morgan fingerprint density at radius 1 is 0.987 bits per heavy atom. The van der Waals surface area contributed by atoms with Gasteiger partial charge >= 0.3 is 12.0 Å². The molecule has 4 amide bonds. The first kappa shape index (κ1) is 50.4. The van der Waals surface area contributed by atoms with Crippen LogP contribution in [0, 0.1) is 48.2 Å². The lowest BCUT2D eigenvalue weighted by Gasteiger charge is -2.47. The van der Waals surface area contributed by atoms with Crippen LogP contribution >= 0.6 is 0 Å². The minimum Gasteiger partial charge on any atom is -0.508 e. The number of likely N-dealkylation sites (tertiary alicyclic amines) is 1. The summed E-state index contributed by atoms with van der Waals surface area (Å²) in [5.41, 5.74) is 2.07. The van der Waals surface area contributed by atoms with E-state index in [1.54, 1.807) is 17.2 Å². The van der Waals surface area contributed by atoms with Crippen molar-refractivity contribution in [3.8, 4) is 35.4 Å². The van der Waals surface area contributed by atoms with Crippen LogP contribution in [0.5, 0.6) is 11.8 Å². The topological polar surface area (TPSA) is 160 Å². The lowest BCUT2D eigenvalue weighted by atomic mass is 9.65. The fraction of sp³-hybridized carbons (Fsp3) is 0.483. The Kier molecular flexibility index (Phi) is 13.7. The first-order valence-corrected chi connectivity index (χ1v) is 26.7. The van der Waals surface area contributed by atoms with Gasteiger partial charge in [-0.15, -0.1) is 13.0 Å². The molecule has 7 heterocycles. The minimum atomic E-state index is -0.757. The van der Waals surface area contributed by atoms with Crippen LogP contribution in [0.2, 0.25) is 0 Å². The van der Waals surface area contributed by atoms with Gasteiger partial charge in [-0.1, -0.05) is 31.1 Å². The van der Waals surface area contributed by atoms with E-state index >= 15 is 8.78 Å². The summed E-state index contributed by atoms with van der Waals surface area (Å²) in [7, 11) is 0. The number of hydrogen-bond acceptors (Lipinski definition) is 12. The molecule has 5 saturated heterocycles. The van der Waals surface area contributed by atoms with Crippen LogP contribution in [0.25, 0.3) is 32.9 Å². The third kappa shape index (κ3) is 10.00. The number of nitrogens with zero attached hydrogens (tertiary/aromatic N) is 8. The molecule has 2 unspecified atom stereocenters. The number of rotatable bonds is 12. The van der Waals surface area contributed by atoms with Gasteiger partial charge in [0, 0.05) is 119 Å². The number of nitrogens with one attached hydrogen (secondary N) is 2. The van der Waals surface area contributed by atoms with Crippen LogP contribution in [-0.4, -0.2) is 143 Å². The maximum atomic E-state index is 17.2. The van der Waals surface area contributed by atoms with Crippen molar-refractivity contribution in [2.75, 3.05) is 88.4 Å². The molecule has 3 N–H and O–H groups in total. The van der Waals surface area contributed by atoms with Gasteiger partial charge in [-0.05, 0) is 111 Å². The normalized spacial score (nSPS) is 22.9.